The van der Waals surface area contributed by atoms with Gasteiger partial charge in [0.15, 0.2) is 0 Å². The first-order chi connectivity index (χ1) is 8.19. The first-order valence-corrected chi connectivity index (χ1v) is 8.57. The Morgan fingerprint density at radius 2 is 2.11 bits per heavy atom. The molecule has 1 saturated heterocycles. The second-order valence-electron chi connectivity index (χ2n) is 5.19. The minimum absolute atomic E-state index is 0.0254. The molecule has 0 aliphatic carbocycles. The lowest BCUT2D eigenvalue weighted by molar-refractivity contribution is -0.127. The third-order valence-corrected chi connectivity index (χ3v) is 4.58. The molecule has 0 saturated carbocycles. The Kier molecular flexibility index (Phi) is 5.43. The molecule has 0 bridgehead atoms. The summed E-state index contributed by atoms with van der Waals surface area (Å²) in [6.07, 6.45) is 0.289. The summed E-state index contributed by atoms with van der Waals surface area (Å²) in [7, 11) is 3.70. The first-order valence-electron chi connectivity index (χ1n) is 6.09. The number of hydrogen-bond donors (Lipinski definition) is 0. The Morgan fingerprint density at radius 1 is 1.50 bits per heavy atom. The number of hydrogen-bond acceptors (Lipinski definition) is 4. The topological polar surface area (TPSA) is 57.7 Å². The van der Waals surface area contributed by atoms with Crippen LogP contribution in [0.25, 0.3) is 0 Å². The third-order valence-electron chi connectivity index (χ3n) is 3.33. The van der Waals surface area contributed by atoms with E-state index in [1.807, 2.05) is 7.05 Å². The Balaban J connectivity index is 2.43. The summed E-state index contributed by atoms with van der Waals surface area (Å²) >= 11 is 0. The lowest BCUT2D eigenvalue weighted by Gasteiger charge is -2.24. The number of nitrogens with zero attached hydrogens (tertiary/aromatic N) is 2. The normalized spacial score (nSPS) is 21.3. The van der Waals surface area contributed by atoms with Gasteiger partial charge in [0.1, 0.15) is 0 Å². The van der Waals surface area contributed by atoms with E-state index < -0.39 is 9.05 Å². The monoisotopic (exact) mass is 296 g/mol. The van der Waals surface area contributed by atoms with E-state index in [1.165, 1.54) is 0 Å². The van der Waals surface area contributed by atoms with E-state index in [0.29, 0.717) is 19.1 Å². The molecule has 5 nitrogen and oxygen atoms in total. The molecule has 18 heavy (non-hydrogen) atoms. The molecule has 1 atom stereocenters. The average molecular weight is 297 g/mol. The molecule has 1 fully saturated rings. The maximum atomic E-state index is 11.7. The van der Waals surface area contributed by atoms with E-state index in [2.05, 4.69) is 18.7 Å². The summed E-state index contributed by atoms with van der Waals surface area (Å²) < 4.78 is 22.0. The SMILES string of the molecule is CC(C)N(C)CCN1CC(CS(=O)(=O)Cl)CC1=O. The van der Waals surface area contributed by atoms with Crippen LogP contribution in [0.15, 0.2) is 0 Å². The van der Waals surface area contributed by atoms with Crippen LogP contribution in [0, 0.1) is 5.92 Å². The van der Waals surface area contributed by atoms with Crippen molar-refractivity contribution in [1.82, 2.24) is 9.80 Å². The number of carbonyl (C=O) groups excluding carboxylic acids is 1. The fourth-order valence-electron chi connectivity index (χ4n) is 2.00. The van der Waals surface area contributed by atoms with Crippen LogP contribution < -0.4 is 0 Å². The van der Waals surface area contributed by atoms with Gasteiger partial charge in [-0.05, 0) is 20.9 Å². The van der Waals surface area contributed by atoms with E-state index in [9.17, 15) is 13.2 Å². The number of likely N-dealkylation sites (tertiary alicyclic amines) is 1. The van der Waals surface area contributed by atoms with Gasteiger partial charge in [-0.25, -0.2) is 8.42 Å². The maximum Gasteiger partial charge on any atom is 0.232 e. The van der Waals surface area contributed by atoms with Crippen molar-refractivity contribution in [2.24, 2.45) is 5.92 Å². The van der Waals surface area contributed by atoms with Crippen LogP contribution in [0.3, 0.4) is 0 Å². The van der Waals surface area contributed by atoms with E-state index >= 15 is 0 Å². The van der Waals surface area contributed by atoms with E-state index in [1.54, 1.807) is 4.90 Å². The minimum Gasteiger partial charge on any atom is -0.341 e. The number of halogens is 1. The van der Waals surface area contributed by atoms with Crippen molar-refractivity contribution in [1.29, 1.82) is 0 Å². The molecule has 0 aromatic rings. The van der Waals surface area contributed by atoms with Gasteiger partial charge in [0, 0.05) is 48.7 Å². The average Bonchev–Trinajstić information content (AvgIpc) is 2.52. The minimum atomic E-state index is -3.52. The standard InChI is InChI=1S/C11H21ClN2O3S/c1-9(2)13(3)4-5-14-7-10(6-11(14)15)8-18(12,16)17/h9-10H,4-8H2,1-3H3. The molecule has 1 unspecified atom stereocenters. The third kappa shape index (κ3) is 5.12. The van der Waals surface area contributed by atoms with Gasteiger partial charge >= 0.3 is 0 Å². The fourth-order valence-corrected chi connectivity index (χ4v) is 3.32. The van der Waals surface area contributed by atoms with Crippen molar-refractivity contribution < 1.29 is 13.2 Å². The maximum absolute atomic E-state index is 11.7. The van der Waals surface area contributed by atoms with Crippen molar-refractivity contribution in [3.8, 4) is 0 Å². The van der Waals surface area contributed by atoms with Gasteiger partial charge in [0.2, 0.25) is 15.0 Å². The van der Waals surface area contributed by atoms with Crippen molar-refractivity contribution >= 4 is 25.6 Å². The van der Waals surface area contributed by atoms with Crippen LogP contribution in [0.5, 0.6) is 0 Å². The molecule has 7 heteroatoms. The van der Waals surface area contributed by atoms with Crippen LogP contribution in [0.2, 0.25) is 0 Å². The predicted molar refractivity (Wildman–Crippen MR) is 72.1 cm³/mol. The van der Waals surface area contributed by atoms with Gasteiger partial charge in [-0.15, -0.1) is 0 Å². The van der Waals surface area contributed by atoms with Crippen LogP contribution in [0.1, 0.15) is 20.3 Å². The van der Waals surface area contributed by atoms with Gasteiger partial charge in [0.25, 0.3) is 0 Å². The molecule has 1 aliphatic rings. The Labute approximate surface area is 113 Å². The van der Waals surface area contributed by atoms with Crippen LogP contribution in [-0.4, -0.2) is 62.6 Å². The highest BCUT2D eigenvalue weighted by atomic mass is 35.7. The number of carbonyl (C=O) groups is 1. The van der Waals surface area contributed by atoms with Crippen molar-refractivity contribution in [2.45, 2.75) is 26.3 Å². The van der Waals surface area contributed by atoms with Crippen molar-refractivity contribution in [2.75, 3.05) is 32.4 Å². The molecule has 0 aromatic heterocycles. The molecule has 0 aromatic carbocycles. The van der Waals surface area contributed by atoms with E-state index in [0.717, 1.165) is 6.54 Å². The highest BCUT2D eigenvalue weighted by Crippen LogP contribution is 2.20. The molecule has 1 rings (SSSR count). The Morgan fingerprint density at radius 3 is 2.61 bits per heavy atom. The van der Waals surface area contributed by atoms with E-state index in [-0.39, 0.29) is 24.0 Å². The zero-order valence-electron chi connectivity index (χ0n) is 11.1. The summed E-state index contributed by atoms with van der Waals surface area (Å²) in [5.74, 6) is -0.251. The van der Waals surface area contributed by atoms with Gasteiger partial charge in [-0.3, -0.25) is 4.79 Å². The fraction of sp³-hybridized carbons (Fsp3) is 0.909. The first kappa shape index (κ1) is 15.7. The molecular formula is C11H21ClN2O3S. The molecule has 1 aliphatic heterocycles. The number of amides is 1. The van der Waals surface area contributed by atoms with Gasteiger partial charge in [0.05, 0.1) is 5.75 Å². The van der Waals surface area contributed by atoms with Crippen molar-refractivity contribution in [3.63, 3.8) is 0 Å². The summed E-state index contributed by atoms with van der Waals surface area (Å²) in [5.41, 5.74) is 0. The summed E-state index contributed by atoms with van der Waals surface area (Å²) in [4.78, 5) is 15.6. The zero-order valence-corrected chi connectivity index (χ0v) is 12.7. The summed E-state index contributed by atoms with van der Waals surface area (Å²) in [6.45, 7) is 6.12. The molecular weight excluding hydrogens is 276 g/mol. The second kappa shape index (κ2) is 6.21. The lowest BCUT2D eigenvalue weighted by atomic mass is 10.1. The molecule has 106 valence electrons. The molecule has 0 N–H and O–H groups in total. The van der Waals surface area contributed by atoms with Gasteiger partial charge < -0.3 is 9.80 Å². The molecule has 0 radical (unpaired) electrons. The number of likely N-dealkylation sites (N-methyl/N-ethyl adjacent to an activating group) is 1. The van der Waals surface area contributed by atoms with Crippen LogP contribution in [-0.2, 0) is 13.8 Å². The largest absolute Gasteiger partial charge is 0.341 e. The van der Waals surface area contributed by atoms with Crippen LogP contribution in [0.4, 0.5) is 0 Å². The Bertz CT molecular complexity index is 397. The van der Waals surface area contributed by atoms with Crippen molar-refractivity contribution in [3.05, 3.63) is 0 Å². The number of rotatable bonds is 6. The predicted octanol–water partition coefficient (Wildman–Crippen LogP) is 0.744. The van der Waals surface area contributed by atoms with Gasteiger partial charge in [-0.2, -0.15) is 0 Å². The van der Waals surface area contributed by atoms with Crippen LogP contribution >= 0.6 is 10.7 Å². The zero-order chi connectivity index (χ0) is 13.9. The smallest absolute Gasteiger partial charge is 0.232 e. The van der Waals surface area contributed by atoms with E-state index in [4.69, 9.17) is 10.7 Å². The summed E-state index contributed by atoms with van der Waals surface area (Å²) in [5, 5.41) is 0. The quantitative estimate of drug-likeness (QED) is 0.679. The Hall–Kier alpha value is -0.330. The van der Waals surface area contributed by atoms with Gasteiger partial charge in [-0.1, -0.05) is 0 Å². The molecule has 1 amide bonds. The highest BCUT2D eigenvalue weighted by Gasteiger charge is 2.32. The summed E-state index contributed by atoms with van der Waals surface area (Å²) in [6, 6.07) is 0.432. The molecule has 0 spiro atoms. The second-order valence-corrected chi connectivity index (χ2v) is 8.01. The molecule has 1 heterocycles. The highest BCUT2D eigenvalue weighted by molar-refractivity contribution is 8.13. The lowest BCUT2D eigenvalue weighted by Crippen LogP contribution is -2.37.